The highest BCUT2D eigenvalue weighted by molar-refractivity contribution is 5.97. The van der Waals surface area contributed by atoms with Gasteiger partial charge in [0.25, 0.3) is 0 Å². The lowest BCUT2D eigenvalue weighted by Crippen LogP contribution is -2.42. The van der Waals surface area contributed by atoms with Crippen molar-refractivity contribution < 1.29 is 4.79 Å². The van der Waals surface area contributed by atoms with E-state index in [9.17, 15) is 4.79 Å². The van der Waals surface area contributed by atoms with E-state index in [0.717, 1.165) is 59.3 Å². The van der Waals surface area contributed by atoms with Crippen LogP contribution in [-0.4, -0.2) is 69.0 Å². The number of amides is 1. The molecule has 4 heterocycles. The molecule has 8 nitrogen and oxygen atoms in total. The standard InChI is InChI=1S/C32H35N7O/c1-37(2)30(40)21-39-15-9-23(10-16-39)31(25-5-4-11-33-20-25)36-26-18-27(32-28(19-26)34-12-13-35-32)24-7-6-22-8-14-38(3)29(22)17-24/h4-8,11-14,17-20,23,31,36H,9-10,15-16,21H2,1-3H3. The molecule has 1 atom stereocenters. The van der Waals surface area contributed by atoms with Crippen LogP contribution >= 0.6 is 0 Å². The minimum absolute atomic E-state index is 0.0812. The van der Waals surface area contributed by atoms with E-state index in [1.165, 1.54) is 10.9 Å². The lowest BCUT2D eigenvalue weighted by Gasteiger charge is -2.37. The molecule has 1 unspecified atom stereocenters. The number of nitrogens with zero attached hydrogens (tertiary/aromatic N) is 6. The second kappa shape index (κ2) is 11.1. The highest BCUT2D eigenvalue weighted by Crippen LogP contribution is 2.37. The van der Waals surface area contributed by atoms with Crippen molar-refractivity contribution in [1.82, 2.24) is 29.3 Å². The molecule has 0 bridgehead atoms. The number of piperidine rings is 1. The van der Waals surface area contributed by atoms with Gasteiger partial charge in [0.1, 0.15) is 0 Å². The van der Waals surface area contributed by atoms with Gasteiger partial charge in [0, 0.05) is 68.9 Å². The first kappa shape index (κ1) is 26.0. The first-order chi connectivity index (χ1) is 19.5. The molecular formula is C32H35N7O. The smallest absolute Gasteiger partial charge is 0.236 e. The van der Waals surface area contributed by atoms with Gasteiger partial charge >= 0.3 is 0 Å². The molecule has 2 aromatic carbocycles. The summed E-state index contributed by atoms with van der Waals surface area (Å²) in [5.41, 5.74) is 7.26. The molecular weight excluding hydrogens is 498 g/mol. The third kappa shape index (κ3) is 5.27. The fourth-order valence-corrected chi connectivity index (χ4v) is 5.80. The Kier molecular flexibility index (Phi) is 7.17. The van der Waals surface area contributed by atoms with Crippen molar-refractivity contribution in [2.45, 2.75) is 18.9 Å². The fraction of sp³-hybridized carbons (Fsp3) is 0.312. The van der Waals surface area contributed by atoms with Crippen LogP contribution in [0.2, 0.25) is 0 Å². The third-order valence-electron chi connectivity index (χ3n) is 8.10. The van der Waals surface area contributed by atoms with E-state index in [1.807, 2.05) is 32.6 Å². The van der Waals surface area contributed by atoms with Gasteiger partial charge < -0.3 is 14.8 Å². The first-order valence-electron chi connectivity index (χ1n) is 13.9. The number of anilines is 1. The number of fused-ring (bicyclic) bond motifs is 2. The van der Waals surface area contributed by atoms with Crippen LogP contribution in [0.3, 0.4) is 0 Å². The van der Waals surface area contributed by atoms with Gasteiger partial charge in [0.15, 0.2) is 0 Å². The second-order valence-corrected chi connectivity index (χ2v) is 11.0. The minimum atomic E-state index is 0.0812. The van der Waals surface area contributed by atoms with E-state index in [0.29, 0.717) is 12.5 Å². The van der Waals surface area contributed by atoms with Crippen molar-refractivity contribution in [3.05, 3.63) is 85.1 Å². The van der Waals surface area contributed by atoms with Crippen LogP contribution < -0.4 is 5.32 Å². The van der Waals surface area contributed by atoms with Crippen LogP contribution in [0.5, 0.6) is 0 Å². The summed E-state index contributed by atoms with van der Waals surface area (Å²) in [6.45, 7) is 2.27. The normalized spacial score (nSPS) is 15.4. The highest BCUT2D eigenvalue weighted by Gasteiger charge is 2.29. The van der Waals surface area contributed by atoms with Crippen LogP contribution in [0.4, 0.5) is 5.69 Å². The zero-order valence-electron chi connectivity index (χ0n) is 23.3. The van der Waals surface area contributed by atoms with Crippen molar-refractivity contribution >= 4 is 33.5 Å². The number of aromatic nitrogens is 4. The number of likely N-dealkylation sites (tertiary alicyclic amines) is 1. The van der Waals surface area contributed by atoms with E-state index < -0.39 is 0 Å². The summed E-state index contributed by atoms with van der Waals surface area (Å²) >= 11 is 0. The van der Waals surface area contributed by atoms with Gasteiger partial charge in [0.05, 0.1) is 23.6 Å². The fourth-order valence-electron chi connectivity index (χ4n) is 5.80. The van der Waals surface area contributed by atoms with Crippen molar-refractivity contribution in [3.63, 3.8) is 0 Å². The number of carbonyl (C=O) groups is 1. The Labute approximate surface area is 234 Å². The molecule has 1 N–H and O–H groups in total. The number of hydrogen-bond donors (Lipinski definition) is 1. The van der Waals surface area contributed by atoms with E-state index in [1.54, 1.807) is 17.3 Å². The zero-order valence-corrected chi connectivity index (χ0v) is 23.3. The molecule has 1 saturated heterocycles. The van der Waals surface area contributed by atoms with E-state index in [2.05, 4.69) is 80.5 Å². The van der Waals surface area contributed by atoms with Crippen LogP contribution in [0, 0.1) is 5.92 Å². The highest BCUT2D eigenvalue weighted by atomic mass is 16.2. The van der Waals surface area contributed by atoms with Crippen molar-refractivity contribution in [3.8, 4) is 11.1 Å². The maximum atomic E-state index is 12.3. The zero-order chi connectivity index (χ0) is 27.6. The Morgan fingerprint density at radius 3 is 2.65 bits per heavy atom. The van der Waals surface area contributed by atoms with Crippen molar-refractivity contribution in [2.24, 2.45) is 13.0 Å². The summed E-state index contributed by atoms with van der Waals surface area (Å²) in [7, 11) is 5.71. The average molecular weight is 534 g/mol. The maximum absolute atomic E-state index is 12.3. The summed E-state index contributed by atoms with van der Waals surface area (Å²) in [6, 6.07) is 17.2. The topological polar surface area (TPSA) is 79.2 Å². The molecule has 204 valence electrons. The minimum Gasteiger partial charge on any atom is -0.378 e. The molecule has 40 heavy (non-hydrogen) atoms. The second-order valence-electron chi connectivity index (χ2n) is 11.0. The number of pyridine rings is 1. The third-order valence-corrected chi connectivity index (χ3v) is 8.10. The largest absolute Gasteiger partial charge is 0.378 e. The summed E-state index contributed by atoms with van der Waals surface area (Å²) < 4.78 is 2.14. The van der Waals surface area contributed by atoms with Gasteiger partial charge in [-0.15, -0.1) is 0 Å². The van der Waals surface area contributed by atoms with Crippen LogP contribution in [0.15, 0.2) is 79.5 Å². The SMILES string of the molecule is CN(C)C(=O)CN1CCC(C(Nc2cc(-c3ccc4ccn(C)c4c3)c3nccnc3c2)c2cccnc2)CC1. The van der Waals surface area contributed by atoms with E-state index in [4.69, 9.17) is 4.98 Å². The summed E-state index contributed by atoms with van der Waals surface area (Å²) in [6.07, 6.45) is 11.4. The quantitative estimate of drug-likeness (QED) is 0.312. The molecule has 1 amide bonds. The first-order valence-corrected chi connectivity index (χ1v) is 13.9. The van der Waals surface area contributed by atoms with Crippen LogP contribution in [-0.2, 0) is 11.8 Å². The number of likely N-dealkylation sites (N-methyl/N-ethyl adjacent to an activating group) is 1. The molecule has 0 spiro atoms. The predicted octanol–water partition coefficient (Wildman–Crippen LogP) is 5.14. The van der Waals surface area contributed by atoms with Gasteiger partial charge in [-0.2, -0.15) is 0 Å². The number of rotatable bonds is 7. The lowest BCUT2D eigenvalue weighted by molar-refractivity contribution is -0.130. The van der Waals surface area contributed by atoms with Gasteiger partial charge in [-0.05, 0) is 78.7 Å². The molecule has 0 aliphatic carbocycles. The van der Waals surface area contributed by atoms with Gasteiger partial charge in [0.2, 0.25) is 5.91 Å². The lowest BCUT2D eigenvalue weighted by atomic mass is 9.85. The van der Waals surface area contributed by atoms with Crippen LogP contribution in [0.1, 0.15) is 24.4 Å². The Balaban J connectivity index is 1.33. The maximum Gasteiger partial charge on any atom is 0.236 e. The molecule has 1 aliphatic heterocycles. The van der Waals surface area contributed by atoms with E-state index in [-0.39, 0.29) is 11.9 Å². The molecule has 0 saturated carbocycles. The Bertz CT molecular complexity index is 1640. The Morgan fingerprint density at radius 2 is 1.88 bits per heavy atom. The van der Waals surface area contributed by atoms with Gasteiger partial charge in [-0.1, -0.05) is 18.2 Å². The number of benzene rings is 2. The molecule has 6 rings (SSSR count). The number of nitrogens with one attached hydrogen (secondary N) is 1. The van der Waals surface area contributed by atoms with Gasteiger partial charge in [-0.3, -0.25) is 24.6 Å². The van der Waals surface area contributed by atoms with Crippen molar-refractivity contribution in [2.75, 3.05) is 39.0 Å². The molecule has 3 aromatic heterocycles. The van der Waals surface area contributed by atoms with E-state index >= 15 is 0 Å². The number of hydrogen-bond acceptors (Lipinski definition) is 6. The average Bonchev–Trinajstić information content (AvgIpc) is 3.36. The number of carbonyl (C=O) groups excluding carboxylic acids is 1. The van der Waals surface area contributed by atoms with Crippen LogP contribution in [0.25, 0.3) is 33.1 Å². The molecule has 5 aromatic rings. The summed E-state index contributed by atoms with van der Waals surface area (Å²) in [4.78, 5) is 30.0. The molecule has 1 fully saturated rings. The summed E-state index contributed by atoms with van der Waals surface area (Å²) in [5, 5.41) is 5.09. The Hall–Kier alpha value is -4.30. The number of aryl methyl sites for hydroxylation is 1. The predicted molar refractivity (Wildman–Crippen MR) is 160 cm³/mol. The molecule has 0 radical (unpaired) electrons. The van der Waals surface area contributed by atoms with Crippen molar-refractivity contribution in [1.29, 1.82) is 0 Å². The summed E-state index contributed by atoms with van der Waals surface area (Å²) in [5.74, 6) is 0.550. The molecule has 8 heteroatoms. The van der Waals surface area contributed by atoms with Gasteiger partial charge in [-0.25, -0.2) is 0 Å². The Morgan fingerprint density at radius 1 is 1.05 bits per heavy atom. The molecule has 1 aliphatic rings. The monoisotopic (exact) mass is 533 g/mol.